The van der Waals surface area contributed by atoms with Gasteiger partial charge in [-0.3, -0.25) is 14.5 Å². The van der Waals surface area contributed by atoms with Gasteiger partial charge in [0.25, 0.3) is 11.8 Å². The number of thioether (sulfide) groups is 1. The van der Waals surface area contributed by atoms with Gasteiger partial charge in [0.05, 0.1) is 15.6 Å². The summed E-state index contributed by atoms with van der Waals surface area (Å²) >= 11 is 13.1. The third kappa shape index (κ3) is 5.93. The van der Waals surface area contributed by atoms with Crippen molar-refractivity contribution in [3.63, 3.8) is 0 Å². The number of amides is 2. The summed E-state index contributed by atoms with van der Waals surface area (Å²) in [4.78, 5) is 27.4. The third-order valence-corrected chi connectivity index (χ3v) is 6.92. The molecule has 0 saturated carbocycles. The Bertz CT molecular complexity index is 1370. The van der Waals surface area contributed by atoms with Crippen LogP contribution >= 0.6 is 35.6 Å². The number of carbonyl (C=O) groups excluding carboxylic acids is 2. The molecule has 5 nitrogen and oxygen atoms in total. The molecular weight excluding hydrogens is 500 g/mol. The first kappa shape index (κ1) is 25.0. The highest BCUT2D eigenvalue weighted by Gasteiger charge is 2.33. The number of hydrogen-bond acceptors (Lipinski definition) is 5. The summed E-state index contributed by atoms with van der Waals surface area (Å²) in [6.45, 7) is 5.73. The molecule has 0 aliphatic carbocycles. The van der Waals surface area contributed by atoms with E-state index in [0.717, 1.165) is 33.6 Å². The molecule has 0 radical (unpaired) electrons. The predicted octanol–water partition coefficient (Wildman–Crippen LogP) is 6.69. The van der Waals surface area contributed by atoms with Crippen molar-refractivity contribution in [2.45, 2.75) is 20.8 Å². The molecule has 0 spiro atoms. The van der Waals surface area contributed by atoms with Crippen LogP contribution in [-0.4, -0.2) is 22.7 Å². The number of rotatable bonds is 6. The number of nitrogens with one attached hydrogen (secondary N) is 1. The number of thiocarbonyl (C=S) groups is 1. The Kier molecular flexibility index (Phi) is 7.60. The van der Waals surface area contributed by atoms with E-state index in [4.69, 9.17) is 28.6 Å². The lowest BCUT2D eigenvalue weighted by molar-refractivity contribution is -0.118. The molecule has 35 heavy (non-hydrogen) atoms. The third-order valence-electron chi connectivity index (χ3n) is 5.32. The Morgan fingerprint density at radius 2 is 1.86 bits per heavy atom. The lowest BCUT2D eigenvalue weighted by Crippen LogP contribution is -2.27. The van der Waals surface area contributed by atoms with Gasteiger partial charge in [-0.15, -0.1) is 0 Å². The Hall–Kier alpha value is -3.13. The molecule has 8 heteroatoms. The summed E-state index contributed by atoms with van der Waals surface area (Å²) in [7, 11) is 0. The fraction of sp³-hybridized carbons (Fsp3) is 0.148. The summed E-state index contributed by atoms with van der Waals surface area (Å²) < 4.78 is 6.10. The van der Waals surface area contributed by atoms with Crippen molar-refractivity contribution < 1.29 is 14.3 Å². The first-order valence-corrected chi connectivity index (χ1v) is 12.5. The first-order valence-electron chi connectivity index (χ1n) is 10.9. The van der Waals surface area contributed by atoms with Crippen molar-refractivity contribution >= 4 is 69.2 Å². The minimum Gasteiger partial charge on any atom is -0.482 e. The quantitative estimate of drug-likeness (QED) is 0.289. The van der Waals surface area contributed by atoms with Crippen LogP contribution in [-0.2, 0) is 9.59 Å². The van der Waals surface area contributed by atoms with E-state index in [9.17, 15) is 9.59 Å². The average molecular weight is 523 g/mol. The van der Waals surface area contributed by atoms with Gasteiger partial charge in [0.2, 0.25) is 0 Å². The molecule has 178 valence electrons. The number of aryl methyl sites for hydroxylation is 3. The van der Waals surface area contributed by atoms with Gasteiger partial charge in [-0.2, -0.15) is 0 Å². The second-order valence-electron chi connectivity index (χ2n) is 8.20. The molecule has 2 amide bonds. The summed E-state index contributed by atoms with van der Waals surface area (Å²) in [5, 5.41) is 3.18. The zero-order valence-electron chi connectivity index (χ0n) is 19.4. The molecule has 1 fully saturated rings. The molecule has 4 rings (SSSR count). The molecule has 0 bridgehead atoms. The molecule has 1 saturated heterocycles. The number of hydrogen-bond donors (Lipinski definition) is 1. The maximum absolute atomic E-state index is 13.0. The van der Waals surface area contributed by atoms with E-state index >= 15 is 0 Å². The molecule has 3 aromatic carbocycles. The molecular formula is C27H23ClN2O3S2. The van der Waals surface area contributed by atoms with E-state index in [0.29, 0.717) is 20.0 Å². The van der Waals surface area contributed by atoms with Gasteiger partial charge in [-0.05, 0) is 73.9 Å². The van der Waals surface area contributed by atoms with Crippen LogP contribution in [0.1, 0.15) is 22.3 Å². The van der Waals surface area contributed by atoms with Gasteiger partial charge in [0.15, 0.2) is 10.9 Å². The van der Waals surface area contributed by atoms with Crippen LogP contribution in [0.3, 0.4) is 0 Å². The number of anilines is 2. The number of benzene rings is 3. The molecule has 0 atom stereocenters. The van der Waals surface area contributed by atoms with Crippen LogP contribution in [0.4, 0.5) is 11.4 Å². The van der Waals surface area contributed by atoms with Gasteiger partial charge >= 0.3 is 0 Å². The molecule has 1 aliphatic rings. The Balaban J connectivity index is 1.42. The Morgan fingerprint density at radius 1 is 1.09 bits per heavy atom. The van der Waals surface area contributed by atoms with Crippen LogP contribution in [0.15, 0.2) is 65.6 Å². The van der Waals surface area contributed by atoms with E-state index in [1.807, 2.05) is 63.2 Å². The minimum atomic E-state index is -0.281. The number of nitrogens with zero attached hydrogens (tertiary/aromatic N) is 1. The second kappa shape index (κ2) is 10.6. The Morgan fingerprint density at radius 3 is 2.57 bits per heavy atom. The maximum Gasteiger partial charge on any atom is 0.270 e. The standard InChI is InChI=1S/C27H23ClN2O3S2/c1-16-5-4-6-20(12-16)30-26(32)24(35-27(30)34)14-19-8-10-23(21(28)13-19)33-15-25(31)29-22-9-7-17(2)11-18(22)3/h4-14H,15H2,1-3H3,(H,29,31)/b24-14-. The maximum atomic E-state index is 13.0. The van der Waals surface area contributed by atoms with Crippen LogP contribution in [0.25, 0.3) is 6.08 Å². The van der Waals surface area contributed by atoms with E-state index < -0.39 is 0 Å². The van der Waals surface area contributed by atoms with Gasteiger partial charge in [-0.1, -0.05) is 71.5 Å². The number of carbonyl (C=O) groups is 2. The average Bonchev–Trinajstić information content (AvgIpc) is 3.07. The van der Waals surface area contributed by atoms with Crippen molar-refractivity contribution in [2.75, 3.05) is 16.8 Å². The zero-order chi connectivity index (χ0) is 25.1. The van der Waals surface area contributed by atoms with Crippen LogP contribution in [0.2, 0.25) is 5.02 Å². The normalized spacial score (nSPS) is 14.5. The molecule has 1 aliphatic heterocycles. The van der Waals surface area contributed by atoms with Gasteiger partial charge in [0, 0.05) is 5.69 Å². The largest absolute Gasteiger partial charge is 0.482 e. The highest BCUT2D eigenvalue weighted by Crippen LogP contribution is 2.37. The van der Waals surface area contributed by atoms with E-state index in [2.05, 4.69) is 5.32 Å². The molecule has 3 aromatic rings. The van der Waals surface area contributed by atoms with Crippen molar-refractivity contribution in [1.82, 2.24) is 0 Å². The molecule has 1 heterocycles. The van der Waals surface area contributed by atoms with Gasteiger partial charge < -0.3 is 10.1 Å². The highest BCUT2D eigenvalue weighted by molar-refractivity contribution is 8.27. The van der Waals surface area contributed by atoms with E-state index in [-0.39, 0.29) is 18.4 Å². The minimum absolute atomic E-state index is 0.176. The zero-order valence-corrected chi connectivity index (χ0v) is 21.8. The van der Waals surface area contributed by atoms with Gasteiger partial charge in [-0.25, -0.2) is 0 Å². The van der Waals surface area contributed by atoms with Crippen molar-refractivity contribution in [2.24, 2.45) is 0 Å². The van der Waals surface area contributed by atoms with E-state index in [1.54, 1.807) is 24.3 Å². The van der Waals surface area contributed by atoms with Crippen molar-refractivity contribution in [1.29, 1.82) is 0 Å². The summed E-state index contributed by atoms with van der Waals surface area (Å²) in [5.41, 5.74) is 5.37. The molecule has 1 N–H and O–H groups in total. The van der Waals surface area contributed by atoms with Gasteiger partial charge in [0.1, 0.15) is 5.75 Å². The monoisotopic (exact) mass is 522 g/mol. The fourth-order valence-electron chi connectivity index (χ4n) is 3.62. The van der Waals surface area contributed by atoms with Crippen molar-refractivity contribution in [3.8, 4) is 5.75 Å². The lowest BCUT2D eigenvalue weighted by atomic mass is 10.1. The van der Waals surface area contributed by atoms with Crippen LogP contribution in [0, 0.1) is 20.8 Å². The Labute approximate surface area is 219 Å². The highest BCUT2D eigenvalue weighted by atomic mass is 35.5. The smallest absolute Gasteiger partial charge is 0.270 e. The molecule has 0 unspecified atom stereocenters. The van der Waals surface area contributed by atoms with Crippen LogP contribution in [0.5, 0.6) is 5.75 Å². The van der Waals surface area contributed by atoms with Crippen molar-refractivity contribution in [3.05, 3.63) is 92.8 Å². The van der Waals surface area contributed by atoms with E-state index in [1.165, 1.54) is 16.7 Å². The molecule has 0 aromatic heterocycles. The summed E-state index contributed by atoms with van der Waals surface area (Å²) in [6.07, 6.45) is 1.75. The summed E-state index contributed by atoms with van der Waals surface area (Å²) in [5.74, 6) is -0.0751. The topological polar surface area (TPSA) is 58.6 Å². The fourth-order valence-corrected chi connectivity index (χ4v) is 5.16. The predicted molar refractivity (Wildman–Crippen MR) is 148 cm³/mol. The second-order valence-corrected chi connectivity index (χ2v) is 10.3. The number of halogens is 1. The van der Waals surface area contributed by atoms with Crippen LogP contribution < -0.4 is 15.0 Å². The SMILES string of the molecule is Cc1cccc(N2C(=O)/C(=C/c3ccc(OCC(=O)Nc4ccc(C)cc4C)c(Cl)c3)SC2=S)c1. The number of ether oxygens (including phenoxy) is 1. The summed E-state index contributed by atoms with van der Waals surface area (Å²) in [6, 6.07) is 18.6. The lowest BCUT2D eigenvalue weighted by Gasteiger charge is -2.14. The first-order chi connectivity index (χ1) is 16.7.